The van der Waals surface area contributed by atoms with Gasteiger partial charge in [-0.3, -0.25) is 9.59 Å². The molecule has 5 heteroatoms. The number of carbonyl (C=O) groups is 2. The second-order valence-corrected chi connectivity index (χ2v) is 8.39. The van der Waals surface area contributed by atoms with Gasteiger partial charge in [-0.05, 0) is 106 Å². The Labute approximate surface area is 185 Å². The summed E-state index contributed by atoms with van der Waals surface area (Å²) in [6, 6.07) is 8.90. The Morgan fingerprint density at radius 3 is 2.00 bits per heavy atom. The van der Waals surface area contributed by atoms with Crippen molar-refractivity contribution in [2.45, 2.75) is 60.9 Å². The molecule has 3 N–H and O–H groups in total. The molecule has 0 bridgehead atoms. The maximum Gasteiger partial charge on any atom is 0.305 e. The van der Waals surface area contributed by atoms with Crippen LogP contribution in [0.1, 0.15) is 55.0 Å². The molecule has 0 fully saturated rings. The van der Waals surface area contributed by atoms with Gasteiger partial charge < -0.3 is 15.7 Å². The molecule has 0 saturated heterocycles. The number of hydrogen-bond donors (Lipinski definition) is 3. The summed E-state index contributed by atoms with van der Waals surface area (Å²) in [4.78, 5) is 23.0. The maximum atomic E-state index is 12.3. The molecule has 0 aliphatic rings. The Balaban J connectivity index is 2.39. The first-order valence-corrected chi connectivity index (χ1v) is 10.7. The van der Waals surface area contributed by atoms with Crippen molar-refractivity contribution >= 4 is 23.6 Å². The monoisotopic (exact) mass is 422 g/mol. The molecule has 0 atom stereocenters. The molecule has 0 aromatic heterocycles. The Morgan fingerprint density at radius 1 is 0.968 bits per heavy atom. The highest BCUT2D eigenvalue weighted by atomic mass is 16.4. The van der Waals surface area contributed by atoms with Crippen LogP contribution in [-0.4, -0.2) is 29.6 Å². The molecule has 0 unspecified atom stereocenters. The van der Waals surface area contributed by atoms with E-state index in [-0.39, 0.29) is 18.9 Å². The standard InChI is InChI=1S/C26H34N2O3/c1-15(2)28-22-10-8-21(9-11-22)25-19(6)17(4)23(18(5)20(25)7)14-16(3)26(31)27-13-12-24(29)30/h8-11,14-15,28H,12-13H2,1-7H3,(H,27,31)(H,29,30)/b16-14+. The van der Waals surface area contributed by atoms with Crippen LogP contribution in [-0.2, 0) is 9.59 Å². The summed E-state index contributed by atoms with van der Waals surface area (Å²) < 4.78 is 0. The zero-order valence-electron chi connectivity index (χ0n) is 19.6. The van der Waals surface area contributed by atoms with Gasteiger partial charge in [-0.15, -0.1) is 0 Å². The van der Waals surface area contributed by atoms with Crippen molar-refractivity contribution in [2.24, 2.45) is 0 Å². The summed E-state index contributed by atoms with van der Waals surface area (Å²) in [7, 11) is 0. The summed E-state index contributed by atoms with van der Waals surface area (Å²) >= 11 is 0. The molecule has 2 aromatic carbocycles. The molecule has 0 spiro atoms. The summed E-state index contributed by atoms with van der Waals surface area (Å²) in [6.45, 7) is 14.5. The lowest BCUT2D eigenvalue weighted by molar-refractivity contribution is -0.136. The quantitative estimate of drug-likeness (QED) is 0.498. The lowest BCUT2D eigenvalue weighted by Crippen LogP contribution is -2.26. The number of anilines is 1. The van der Waals surface area contributed by atoms with Gasteiger partial charge in [-0.1, -0.05) is 12.1 Å². The van der Waals surface area contributed by atoms with E-state index in [1.54, 1.807) is 6.92 Å². The van der Waals surface area contributed by atoms with Gasteiger partial charge in [0, 0.05) is 23.8 Å². The van der Waals surface area contributed by atoms with E-state index in [0.717, 1.165) is 22.4 Å². The summed E-state index contributed by atoms with van der Waals surface area (Å²) in [5.41, 5.74) is 9.78. The highest BCUT2D eigenvalue weighted by Crippen LogP contribution is 2.35. The van der Waals surface area contributed by atoms with E-state index >= 15 is 0 Å². The van der Waals surface area contributed by atoms with Crippen LogP contribution in [0.15, 0.2) is 29.8 Å². The number of nitrogens with one attached hydrogen (secondary N) is 2. The number of amides is 1. The van der Waals surface area contributed by atoms with Crippen molar-refractivity contribution in [3.05, 3.63) is 57.7 Å². The lowest BCUT2D eigenvalue weighted by atomic mass is 9.85. The zero-order valence-corrected chi connectivity index (χ0v) is 19.6. The van der Waals surface area contributed by atoms with Crippen molar-refractivity contribution in [2.75, 3.05) is 11.9 Å². The molecule has 0 aliphatic carbocycles. The molecular weight excluding hydrogens is 388 g/mol. The number of carboxylic acids is 1. The number of aliphatic carboxylic acids is 1. The molecule has 31 heavy (non-hydrogen) atoms. The topological polar surface area (TPSA) is 78.4 Å². The fourth-order valence-corrected chi connectivity index (χ4v) is 3.76. The predicted molar refractivity (Wildman–Crippen MR) is 128 cm³/mol. The summed E-state index contributed by atoms with van der Waals surface area (Å²) in [5, 5.41) is 14.8. The van der Waals surface area contributed by atoms with E-state index in [2.05, 4.69) is 76.4 Å². The minimum Gasteiger partial charge on any atom is -0.481 e. The van der Waals surface area contributed by atoms with Gasteiger partial charge in [0.05, 0.1) is 6.42 Å². The normalized spacial score (nSPS) is 11.5. The van der Waals surface area contributed by atoms with Crippen LogP contribution < -0.4 is 10.6 Å². The third-order valence-electron chi connectivity index (χ3n) is 5.66. The Hall–Kier alpha value is -3.08. The average Bonchev–Trinajstić information content (AvgIpc) is 2.70. The molecule has 2 rings (SSSR count). The van der Waals surface area contributed by atoms with Crippen LogP contribution in [0, 0.1) is 27.7 Å². The van der Waals surface area contributed by atoms with Gasteiger partial charge in [0.1, 0.15) is 0 Å². The van der Waals surface area contributed by atoms with Gasteiger partial charge >= 0.3 is 5.97 Å². The first-order valence-electron chi connectivity index (χ1n) is 10.7. The van der Waals surface area contributed by atoms with Gasteiger partial charge in [0.2, 0.25) is 5.91 Å². The number of rotatable bonds is 8. The molecule has 166 valence electrons. The van der Waals surface area contributed by atoms with Crippen molar-refractivity contribution in [3.63, 3.8) is 0 Å². The van der Waals surface area contributed by atoms with Gasteiger partial charge in [0.25, 0.3) is 0 Å². The third kappa shape index (κ3) is 5.97. The molecule has 2 aromatic rings. The second kappa shape index (κ2) is 10.3. The van der Waals surface area contributed by atoms with E-state index < -0.39 is 5.97 Å². The van der Waals surface area contributed by atoms with E-state index in [1.807, 2.05) is 6.08 Å². The summed E-state index contributed by atoms with van der Waals surface area (Å²) in [6.07, 6.45) is 1.82. The molecule has 0 saturated carbocycles. The highest BCUT2D eigenvalue weighted by Gasteiger charge is 2.16. The Bertz CT molecular complexity index is 973. The number of carboxylic acid groups (broad SMARTS) is 1. The Kier molecular flexibility index (Phi) is 8.03. The highest BCUT2D eigenvalue weighted by molar-refractivity contribution is 5.98. The number of carbonyl (C=O) groups excluding carboxylic acids is 1. The smallest absolute Gasteiger partial charge is 0.305 e. The average molecular weight is 423 g/mol. The van der Waals surface area contributed by atoms with Gasteiger partial charge in [0.15, 0.2) is 0 Å². The first-order chi connectivity index (χ1) is 14.5. The molecule has 0 radical (unpaired) electrons. The van der Waals surface area contributed by atoms with Crippen LogP contribution in [0.4, 0.5) is 5.69 Å². The second-order valence-electron chi connectivity index (χ2n) is 8.39. The van der Waals surface area contributed by atoms with E-state index in [1.165, 1.54) is 22.3 Å². The van der Waals surface area contributed by atoms with Crippen molar-refractivity contribution in [1.82, 2.24) is 5.32 Å². The van der Waals surface area contributed by atoms with Crippen LogP contribution in [0.5, 0.6) is 0 Å². The minimum atomic E-state index is -0.927. The van der Waals surface area contributed by atoms with Crippen LogP contribution in [0.3, 0.4) is 0 Å². The minimum absolute atomic E-state index is 0.0878. The van der Waals surface area contributed by atoms with Crippen LogP contribution in [0.25, 0.3) is 17.2 Å². The van der Waals surface area contributed by atoms with Crippen LogP contribution >= 0.6 is 0 Å². The number of hydrogen-bond acceptors (Lipinski definition) is 3. The molecule has 5 nitrogen and oxygen atoms in total. The fourth-order valence-electron chi connectivity index (χ4n) is 3.76. The number of benzene rings is 2. The third-order valence-corrected chi connectivity index (χ3v) is 5.66. The fraction of sp³-hybridized carbons (Fsp3) is 0.385. The largest absolute Gasteiger partial charge is 0.481 e. The van der Waals surface area contributed by atoms with Gasteiger partial charge in [-0.25, -0.2) is 0 Å². The molecule has 1 amide bonds. The SMILES string of the molecule is C/C(=C\c1c(C)c(C)c(-c2ccc(NC(C)C)cc2)c(C)c1C)C(=O)NCCC(=O)O. The van der Waals surface area contributed by atoms with E-state index in [4.69, 9.17) is 5.11 Å². The predicted octanol–water partition coefficient (Wildman–Crippen LogP) is 5.40. The lowest BCUT2D eigenvalue weighted by Gasteiger charge is -2.20. The molecule has 0 aliphatic heterocycles. The van der Waals surface area contributed by atoms with Crippen molar-refractivity contribution in [3.8, 4) is 11.1 Å². The van der Waals surface area contributed by atoms with Crippen molar-refractivity contribution < 1.29 is 14.7 Å². The maximum absolute atomic E-state index is 12.3. The van der Waals surface area contributed by atoms with Gasteiger partial charge in [-0.2, -0.15) is 0 Å². The zero-order chi connectivity index (χ0) is 23.3. The molecule has 0 heterocycles. The van der Waals surface area contributed by atoms with Crippen LogP contribution in [0.2, 0.25) is 0 Å². The van der Waals surface area contributed by atoms with Crippen molar-refractivity contribution in [1.29, 1.82) is 0 Å². The summed E-state index contributed by atoms with van der Waals surface area (Å²) in [5.74, 6) is -1.17. The Morgan fingerprint density at radius 2 is 1.52 bits per heavy atom. The molecular formula is C26H34N2O3. The van der Waals surface area contributed by atoms with E-state index in [0.29, 0.717) is 11.6 Å². The van der Waals surface area contributed by atoms with E-state index in [9.17, 15) is 9.59 Å². The first kappa shape index (κ1) is 24.2.